The molecule has 0 radical (unpaired) electrons. The van der Waals surface area contributed by atoms with Gasteiger partial charge in [-0.25, -0.2) is 0 Å². The summed E-state index contributed by atoms with van der Waals surface area (Å²) >= 11 is 0. The van der Waals surface area contributed by atoms with E-state index in [1.807, 2.05) is 29.9 Å². The van der Waals surface area contributed by atoms with Gasteiger partial charge in [0.2, 0.25) is 0 Å². The Morgan fingerprint density at radius 3 is 2.92 bits per heavy atom. The van der Waals surface area contributed by atoms with Crippen molar-refractivity contribution in [3.8, 4) is 0 Å². The van der Waals surface area contributed by atoms with E-state index in [-0.39, 0.29) is 5.97 Å². The van der Waals surface area contributed by atoms with Crippen molar-refractivity contribution in [1.29, 1.82) is 0 Å². The zero-order valence-electron chi connectivity index (χ0n) is 7.41. The number of carbonyl (C=O) groups excluding carboxylic acids is 1. The second-order valence-electron chi connectivity index (χ2n) is 2.70. The van der Waals surface area contributed by atoms with Crippen molar-refractivity contribution in [3.05, 3.63) is 24.0 Å². The smallest absolute Gasteiger partial charge is 0.302 e. The van der Waals surface area contributed by atoms with Crippen molar-refractivity contribution >= 4 is 5.97 Å². The first-order valence-corrected chi connectivity index (χ1v) is 3.93. The van der Waals surface area contributed by atoms with Crippen LogP contribution in [0.1, 0.15) is 12.6 Å². The first-order chi connectivity index (χ1) is 5.70. The van der Waals surface area contributed by atoms with Crippen molar-refractivity contribution in [2.24, 2.45) is 7.05 Å². The number of aryl methyl sites for hydroxylation is 1. The lowest BCUT2D eigenvalue weighted by molar-refractivity contribution is -0.140. The van der Waals surface area contributed by atoms with Gasteiger partial charge in [-0.3, -0.25) is 4.79 Å². The van der Waals surface area contributed by atoms with Crippen molar-refractivity contribution in [3.63, 3.8) is 0 Å². The number of rotatable bonds is 3. The predicted octanol–water partition coefficient (Wildman–Crippen LogP) is 1.13. The number of aromatic nitrogens is 1. The van der Waals surface area contributed by atoms with Crippen LogP contribution in [0.3, 0.4) is 0 Å². The third-order valence-electron chi connectivity index (χ3n) is 1.71. The summed E-state index contributed by atoms with van der Waals surface area (Å²) in [6.07, 6.45) is 2.76. The molecule has 0 saturated carbocycles. The van der Waals surface area contributed by atoms with Crippen LogP contribution in [-0.4, -0.2) is 17.1 Å². The normalized spacial score (nSPS) is 9.83. The number of hydrogen-bond donors (Lipinski definition) is 0. The van der Waals surface area contributed by atoms with Crippen LogP contribution in [0.5, 0.6) is 0 Å². The molecule has 1 heterocycles. The SMILES string of the molecule is CC(=O)OCCc1cccn1C. The van der Waals surface area contributed by atoms with Gasteiger partial charge in [0.25, 0.3) is 0 Å². The van der Waals surface area contributed by atoms with Crippen LogP contribution in [-0.2, 0) is 23.0 Å². The van der Waals surface area contributed by atoms with Crippen LogP contribution in [0.2, 0.25) is 0 Å². The standard InChI is InChI=1S/C9H13NO2/c1-8(11)12-7-5-9-4-3-6-10(9)2/h3-4,6H,5,7H2,1-2H3. The van der Waals surface area contributed by atoms with Gasteiger partial charge in [0.1, 0.15) is 0 Å². The van der Waals surface area contributed by atoms with E-state index in [0.29, 0.717) is 6.61 Å². The number of ether oxygens (including phenoxy) is 1. The Balaban J connectivity index is 2.33. The Labute approximate surface area is 72.0 Å². The Bertz CT molecular complexity index is 265. The minimum atomic E-state index is -0.218. The minimum absolute atomic E-state index is 0.218. The molecule has 0 amide bonds. The van der Waals surface area contributed by atoms with Crippen molar-refractivity contribution in [2.45, 2.75) is 13.3 Å². The number of hydrogen-bond acceptors (Lipinski definition) is 2. The summed E-state index contributed by atoms with van der Waals surface area (Å²) in [6.45, 7) is 1.89. The molecule has 0 fully saturated rings. The molecule has 1 aromatic heterocycles. The molecule has 3 nitrogen and oxygen atoms in total. The lowest BCUT2D eigenvalue weighted by Gasteiger charge is -2.02. The van der Waals surface area contributed by atoms with Gasteiger partial charge in [0.15, 0.2) is 0 Å². The van der Waals surface area contributed by atoms with E-state index in [9.17, 15) is 4.79 Å². The van der Waals surface area contributed by atoms with Gasteiger partial charge >= 0.3 is 5.97 Å². The maximum Gasteiger partial charge on any atom is 0.302 e. The van der Waals surface area contributed by atoms with Crippen LogP contribution in [0.4, 0.5) is 0 Å². The molecule has 0 aliphatic carbocycles. The quantitative estimate of drug-likeness (QED) is 0.632. The second-order valence-corrected chi connectivity index (χ2v) is 2.70. The zero-order valence-corrected chi connectivity index (χ0v) is 7.41. The van der Waals surface area contributed by atoms with Gasteiger partial charge in [-0.1, -0.05) is 0 Å². The average molecular weight is 167 g/mol. The first-order valence-electron chi connectivity index (χ1n) is 3.93. The Morgan fingerprint density at radius 2 is 2.42 bits per heavy atom. The maximum atomic E-state index is 10.4. The molecule has 1 aromatic rings. The molecule has 0 saturated heterocycles. The summed E-state index contributed by atoms with van der Waals surface area (Å²) < 4.78 is 6.84. The first kappa shape index (κ1) is 8.84. The fraction of sp³-hybridized carbons (Fsp3) is 0.444. The third-order valence-corrected chi connectivity index (χ3v) is 1.71. The monoisotopic (exact) mass is 167 g/mol. The number of carbonyl (C=O) groups is 1. The van der Waals surface area contributed by atoms with Gasteiger partial charge < -0.3 is 9.30 Å². The molecular weight excluding hydrogens is 154 g/mol. The maximum absolute atomic E-state index is 10.4. The molecular formula is C9H13NO2. The molecule has 0 aliphatic heterocycles. The highest BCUT2D eigenvalue weighted by atomic mass is 16.5. The van der Waals surface area contributed by atoms with E-state index >= 15 is 0 Å². The Morgan fingerprint density at radius 1 is 1.67 bits per heavy atom. The van der Waals surface area contributed by atoms with E-state index in [4.69, 9.17) is 4.74 Å². The van der Waals surface area contributed by atoms with Crippen LogP contribution < -0.4 is 0 Å². The van der Waals surface area contributed by atoms with E-state index in [0.717, 1.165) is 6.42 Å². The summed E-state index contributed by atoms with van der Waals surface area (Å²) in [5.74, 6) is -0.218. The predicted molar refractivity (Wildman–Crippen MR) is 45.8 cm³/mol. The molecule has 0 aliphatic rings. The van der Waals surface area contributed by atoms with Crippen LogP contribution in [0, 0.1) is 0 Å². The highest BCUT2D eigenvalue weighted by molar-refractivity contribution is 5.65. The molecule has 0 atom stereocenters. The van der Waals surface area contributed by atoms with Crippen molar-refractivity contribution in [2.75, 3.05) is 6.61 Å². The number of nitrogens with zero attached hydrogens (tertiary/aromatic N) is 1. The molecule has 0 unspecified atom stereocenters. The van der Waals surface area contributed by atoms with Gasteiger partial charge in [0, 0.05) is 32.3 Å². The van der Waals surface area contributed by atoms with Gasteiger partial charge in [-0.15, -0.1) is 0 Å². The molecule has 0 spiro atoms. The van der Waals surface area contributed by atoms with Crippen LogP contribution >= 0.6 is 0 Å². The van der Waals surface area contributed by atoms with E-state index in [1.54, 1.807) is 0 Å². The molecule has 66 valence electrons. The fourth-order valence-corrected chi connectivity index (χ4v) is 1.06. The summed E-state index contributed by atoms with van der Waals surface area (Å²) in [5, 5.41) is 0. The lowest BCUT2D eigenvalue weighted by atomic mass is 10.3. The van der Waals surface area contributed by atoms with E-state index in [2.05, 4.69) is 0 Å². The van der Waals surface area contributed by atoms with Crippen LogP contribution in [0.25, 0.3) is 0 Å². The Kier molecular flexibility index (Phi) is 2.91. The minimum Gasteiger partial charge on any atom is -0.465 e. The second kappa shape index (κ2) is 3.95. The van der Waals surface area contributed by atoms with Crippen molar-refractivity contribution < 1.29 is 9.53 Å². The highest BCUT2D eigenvalue weighted by Crippen LogP contribution is 2.00. The highest BCUT2D eigenvalue weighted by Gasteiger charge is 1.97. The Hall–Kier alpha value is -1.25. The molecule has 0 N–H and O–H groups in total. The number of esters is 1. The molecule has 0 bridgehead atoms. The molecule has 3 heteroatoms. The summed E-state index contributed by atoms with van der Waals surface area (Å²) in [4.78, 5) is 10.4. The van der Waals surface area contributed by atoms with Crippen molar-refractivity contribution in [1.82, 2.24) is 4.57 Å². The summed E-state index contributed by atoms with van der Waals surface area (Å²) in [6, 6.07) is 3.99. The zero-order chi connectivity index (χ0) is 8.97. The molecule has 1 rings (SSSR count). The molecule has 12 heavy (non-hydrogen) atoms. The lowest BCUT2D eigenvalue weighted by Crippen LogP contribution is -2.05. The summed E-state index contributed by atoms with van der Waals surface area (Å²) in [7, 11) is 1.98. The fourth-order valence-electron chi connectivity index (χ4n) is 1.06. The van der Waals surface area contributed by atoms with E-state index in [1.165, 1.54) is 12.6 Å². The largest absolute Gasteiger partial charge is 0.465 e. The van der Waals surface area contributed by atoms with E-state index < -0.39 is 0 Å². The van der Waals surface area contributed by atoms with Gasteiger partial charge in [-0.2, -0.15) is 0 Å². The average Bonchev–Trinajstić information content (AvgIpc) is 2.36. The van der Waals surface area contributed by atoms with Gasteiger partial charge in [0.05, 0.1) is 6.61 Å². The summed E-state index contributed by atoms with van der Waals surface area (Å²) in [5.41, 5.74) is 1.18. The topological polar surface area (TPSA) is 31.2 Å². The molecule has 0 aromatic carbocycles. The van der Waals surface area contributed by atoms with Gasteiger partial charge in [-0.05, 0) is 12.1 Å². The third kappa shape index (κ3) is 2.42. The van der Waals surface area contributed by atoms with Crippen LogP contribution in [0.15, 0.2) is 18.3 Å².